The molecule has 1 nitrogen and oxygen atoms in total. The third-order valence-corrected chi connectivity index (χ3v) is 10.00. The fourth-order valence-corrected chi connectivity index (χ4v) is 7.99. The first-order chi connectivity index (χ1) is 23.3. The second-order valence-electron chi connectivity index (χ2n) is 12.5. The first kappa shape index (κ1) is 26.1. The Morgan fingerprint density at radius 3 is 2.19 bits per heavy atom. The maximum absolute atomic E-state index is 6.36. The van der Waals surface area contributed by atoms with Crippen molar-refractivity contribution in [3.05, 3.63) is 168 Å². The topological polar surface area (TPSA) is 13.1 Å². The maximum Gasteiger partial charge on any atom is 0.136 e. The largest absolute Gasteiger partial charge is 0.456 e. The van der Waals surface area contributed by atoms with Gasteiger partial charge >= 0.3 is 0 Å². The summed E-state index contributed by atoms with van der Waals surface area (Å²) in [5.74, 6) is 0. The SMILES string of the molecule is c1ccc2c(-c3ccc4c(c3)oc3ccccc34)c3ccccc3c(-c3ccc4ccccc4c3C3=c4ccccc4=CCC3)c2c#1. The Morgan fingerprint density at radius 2 is 1.28 bits per heavy atom. The van der Waals surface area contributed by atoms with E-state index >= 15 is 0 Å². The minimum atomic E-state index is 0.900. The molecule has 0 radical (unpaired) electrons. The van der Waals surface area contributed by atoms with Crippen molar-refractivity contribution in [1.82, 2.24) is 0 Å². The van der Waals surface area contributed by atoms with E-state index in [9.17, 15) is 0 Å². The molecule has 1 heteroatoms. The molecule has 0 spiro atoms. The number of furan rings is 1. The van der Waals surface area contributed by atoms with Gasteiger partial charge in [-0.15, -0.1) is 0 Å². The third kappa shape index (κ3) is 3.92. The Balaban J connectivity index is 1.34. The van der Waals surface area contributed by atoms with Gasteiger partial charge in [-0.1, -0.05) is 127 Å². The molecule has 1 aromatic heterocycles. The molecule has 0 bridgehead atoms. The third-order valence-electron chi connectivity index (χ3n) is 10.00. The molecule has 10 rings (SSSR count). The van der Waals surface area contributed by atoms with Gasteiger partial charge in [-0.05, 0) is 108 Å². The number of rotatable bonds is 3. The first-order valence-electron chi connectivity index (χ1n) is 16.3. The zero-order valence-corrected chi connectivity index (χ0v) is 25.7. The van der Waals surface area contributed by atoms with Gasteiger partial charge in [0.15, 0.2) is 0 Å². The summed E-state index contributed by atoms with van der Waals surface area (Å²) in [7, 11) is 0. The van der Waals surface area contributed by atoms with Crippen molar-refractivity contribution < 1.29 is 4.42 Å². The predicted octanol–water partition coefficient (Wildman–Crippen LogP) is 10.8. The molecule has 0 atom stereocenters. The van der Waals surface area contributed by atoms with E-state index in [4.69, 9.17) is 4.42 Å². The lowest BCUT2D eigenvalue weighted by Crippen LogP contribution is -2.29. The molecule has 1 heterocycles. The normalized spacial score (nSPS) is 12.9. The summed E-state index contributed by atoms with van der Waals surface area (Å²) < 4.78 is 6.36. The molecule has 0 saturated heterocycles. The maximum atomic E-state index is 6.36. The van der Waals surface area contributed by atoms with Crippen molar-refractivity contribution in [2.75, 3.05) is 0 Å². The highest BCUT2D eigenvalue weighted by Crippen LogP contribution is 2.47. The van der Waals surface area contributed by atoms with Crippen LogP contribution in [-0.4, -0.2) is 0 Å². The van der Waals surface area contributed by atoms with Gasteiger partial charge in [-0.25, -0.2) is 0 Å². The second-order valence-corrected chi connectivity index (χ2v) is 12.5. The quantitative estimate of drug-likeness (QED) is 0.198. The van der Waals surface area contributed by atoms with Crippen LogP contribution in [0.2, 0.25) is 0 Å². The Hall–Kier alpha value is -6.10. The molecule has 9 aromatic rings. The molecule has 1 aliphatic rings. The van der Waals surface area contributed by atoms with Gasteiger partial charge in [0.25, 0.3) is 0 Å². The van der Waals surface area contributed by atoms with Crippen LogP contribution in [0.3, 0.4) is 0 Å². The van der Waals surface area contributed by atoms with Crippen LogP contribution in [0.4, 0.5) is 0 Å². The van der Waals surface area contributed by atoms with Crippen LogP contribution >= 0.6 is 0 Å². The van der Waals surface area contributed by atoms with E-state index in [0.717, 1.165) is 51.1 Å². The Labute approximate surface area is 272 Å². The van der Waals surface area contributed by atoms with Gasteiger partial charge in [0.1, 0.15) is 11.2 Å². The highest BCUT2D eigenvalue weighted by molar-refractivity contribution is 6.23. The summed E-state index contributed by atoms with van der Waals surface area (Å²) in [6, 6.07) is 57.3. The highest BCUT2D eigenvalue weighted by Gasteiger charge is 2.22. The van der Waals surface area contributed by atoms with E-state index in [1.54, 1.807) is 0 Å². The highest BCUT2D eigenvalue weighted by atomic mass is 16.3. The number of benzene rings is 7. The lowest BCUT2D eigenvalue weighted by Gasteiger charge is -2.22. The van der Waals surface area contributed by atoms with E-state index in [1.165, 1.54) is 59.8 Å². The van der Waals surface area contributed by atoms with Gasteiger partial charge in [0.05, 0.1) is 0 Å². The van der Waals surface area contributed by atoms with Crippen LogP contribution in [-0.2, 0) is 0 Å². The number of hydrogen-bond acceptors (Lipinski definition) is 1. The number of hydrogen-bond donors (Lipinski definition) is 0. The van der Waals surface area contributed by atoms with E-state index in [2.05, 4.69) is 140 Å². The minimum absolute atomic E-state index is 0.900. The molecule has 47 heavy (non-hydrogen) atoms. The standard InChI is InChI=1S/C46H28O/c1-3-15-32-29(12-1)14-11-22-36(32)45-33-16-4-2-13-30(33)24-27-41(45)46-39-20-7-5-18-37(39)44(38-19-6-8-21-40(38)46)31-25-26-35-34-17-9-10-23-42(34)47-43(35)28-31/h1-7,9-10,12-20,23-28H,11,22H2. The summed E-state index contributed by atoms with van der Waals surface area (Å²) in [6.45, 7) is 0. The summed E-state index contributed by atoms with van der Waals surface area (Å²) in [4.78, 5) is 0. The molecular formula is C46H28O. The van der Waals surface area contributed by atoms with Crippen molar-refractivity contribution >= 4 is 65.9 Å². The minimum Gasteiger partial charge on any atom is -0.456 e. The van der Waals surface area contributed by atoms with Crippen molar-refractivity contribution in [1.29, 1.82) is 0 Å². The van der Waals surface area contributed by atoms with Gasteiger partial charge in [0, 0.05) is 21.7 Å². The molecule has 0 N–H and O–H groups in total. The zero-order valence-electron chi connectivity index (χ0n) is 25.7. The lowest BCUT2D eigenvalue weighted by molar-refractivity contribution is 0.669. The monoisotopic (exact) mass is 596 g/mol. The van der Waals surface area contributed by atoms with Gasteiger partial charge in [-0.2, -0.15) is 0 Å². The van der Waals surface area contributed by atoms with Gasteiger partial charge in [-0.3, -0.25) is 0 Å². The summed E-state index contributed by atoms with van der Waals surface area (Å²) in [5, 5.41) is 12.1. The van der Waals surface area contributed by atoms with Crippen LogP contribution in [0, 0.1) is 12.1 Å². The van der Waals surface area contributed by atoms with Crippen LogP contribution in [0.1, 0.15) is 18.4 Å². The first-order valence-corrected chi connectivity index (χ1v) is 16.3. The molecule has 0 fully saturated rings. The number of fused-ring (bicyclic) bond motifs is 7. The predicted molar refractivity (Wildman–Crippen MR) is 197 cm³/mol. The van der Waals surface area contributed by atoms with Crippen LogP contribution in [0.5, 0.6) is 0 Å². The lowest BCUT2D eigenvalue weighted by atomic mass is 9.81. The summed E-state index contributed by atoms with van der Waals surface area (Å²) in [5.41, 5.74) is 9.32. The smallest absolute Gasteiger partial charge is 0.136 e. The molecule has 0 aliphatic heterocycles. The fourth-order valence-electron chi connectivity index (χ4n) is 7.99. The molecule has 218 valence electrons. The van der Waals surface area contributed by atoms with E-state index in [-0.39, 0.29) is 0 Å². The number of para-hydroxylation sites is 1. The molecule has 1 aliphatic carbocycles. The fraction of sp³-hybridized carbons (Fsp3) is 0.0435. The van der Waals surface area contributed by atoms with Crippen LogP contribution in [0.25, 0.3) is 88.2 Å². The summed E-state index contributed by atoms with van der Waals surface area (Å²) in [6.07, 6.45) is 4.41. The van der Waals surface area contributed by atoms with Gasteiger partial charge < -0.3 is 4.42 Å². The van der Waals surface area contributed by atoms with E-state index in [0.29, 0.717) is 0 Å². The van der Waals surface area contributed by atoms with Crippen LogP contribution < -0.4 is 10.4 Å². The van der Waals surface area contributed by atoms with Crippen LogP contribution in [0.15, 0.2) is 144 Å². The Kier molecular flexibility index (Phi) is 5.68. The molecule has 0 amide bonds. The molecule has 0 saturated carbocycles. The van der Waals surface area contributed by atoms with Crippen molar-refractivity contribution in [2.45, 2.75) is 12.8 Å². The molecule has 8 aromatic carbocycles. The summed E-state index contributed by atoms with van der Waals surface area (Å²) >= 11 is 0. The Bertz CT molecular complexity index is 2790. The average molecular weight is 597 g/mol. The molecular weight excluding hydrogens is 569 g/mol. The van der Waals surface area contributed by atoms with Gasteiger partial charge in [0.2, 0.25) is 0 Å². The van der Waals surface area contributed by atoms with Crippen molar-refractivity contribution in [2.24, 2.45) is 0 Å². The average Bonchev–Trinajstić information content (AvgIpc) is 3.51. The molecule has 0 unspecified atom stereocenters. The zero-order chi connectivity index (χ0) is 30.9. The van der Waals surface area contributed by atoms with Crippen molar-refractivity contribution in [3.63, 3.8) is 0 Å². The van der Waals surface area contributed by atoms with E-state index < -0.39 is 0 Å². The van der Waals surface area contributed by atoms with Crippen molar-refractivity contribution in [3.8, 4) is 22.3 Å². The van der Waals surface area contributed by atoms with E-state index in [1.807, 2.05) is 18.2 Å². The second kappa shape index (κ2) is 10.2. The Morgan fingerprint density at radius 1 is 0.532 bits per heavy atom.